The fraction of sp³-hybridized carbons (Fsp3) is 0.154. The average Bonchev–Trinajstić information content (AvgIpc) is 3.20. The van der Waals surface area contributed by atoms with Gasteiger partial charge in [0.15, 0.2) is 0 Å². The number of anilines is 1. The summed E-state index contributed by atoms with van der Waals surface area (Å²) in [5.74, 6) is 1.91. The molecule has 0 radical (unpaired) electrons. The lowest BCUT2D eigenvalue weighted by atomic mass is 10.1. The van der Waals surface area contributed by atoms with Crippen LogP contribution in [0.5, 0.6) is 11.5 Å². The van der Waals surface area contributed by atoms with Crippen molar-refractivity contribution in [3.8, 4) is 22.9 Å². The van der Waals surface area contributed by atoms with E-state index in [1.807, 2.05) is 36.4 Å². The van der Waals surface area contributed by atoms with Crippen LogP contribution in [-0.2, 0) is 4.79 Å². The van der Waals surface area contributed by atoms with E-state index in [4.69, 9.17) is 14.5 Å². The summed E-state index contributed by atoms with van der Waals surface area (Å²) in [4.78, 5) is 20.4. The van der Waals surface area contributed by atoms with Gasteiger partial charge >= 0.3 is 0 Å². The number of hydrogen-bond donors (Lipinski definition) is 2. The lowest BCUT2D eigenvalue weighted by Crippen LogP contribution is -2.07. The Balaban J connectivity index is 1.47. The van der Waals surface area contributed by atoms with E-state index >= 15 is 0 Å². The van der Waals surface area contributed by atoms with Gasteiger partial charge in [-0.3, -0.25) is 4.79 Å². The van der Waals surface area contributed by atoms with Gasteiger partial charge in [-0.05, 0) is 85.6 Å². The van der Waals surface area contributed by atoms with Crippen LogP contribution in [-0.4, -0.2) is 30.1 Å². The molecule has 0 spiro atoms. The molecule has 162 valence electrons. The van der Waals surface area contributed by atoms with Gasteiger partial charge in [0.25, 0.3) is 0 Å². The predicted molar refractivity (Wildman–Crippen MR) is 128 cm³/mol. The number of imidazole rings is 1. The second-order valence-corrected chi connectivity index (χ2v) is 7.55. The van der Waals surface area contributed by atoms with E-state index in [1.165, 1.54) is 17.2 Å². The summed E-state index contributed by atoms with van der Waals surface area (Å²) < 4.78 is 10.6. The molecule has 32 heavy (non-hydrogen) atoms. The first-order chi connectivity index (χ1) is 15.5. The molecule has 0 saturated heterocycles. The van der Waals surface area contributed by atoms with Crippen LogP contribution in [0.3, 0.4) is 0 Å². The van der Waals surface area contributed by atoms with Gasteiger partial charge in [0, 0.05) is 22.9 Å². The SMILES string of the molecule is COc1ccc(OC)c(/C=C/C(=O)Nc2ccc(-c3nc4cc(C)c(C)cc4[nH]3)cc2)c1. The number of aromatic nitrogens is 2. The summed E-state index contributed by atoms with van der Waals surface area (Å²) in [6.45, 7) is 4.17. The standard InChI is InChI=1S/C26H25N3O3/c1-16-13-22-23(14-17(16)2)29-26(28-22)18-5-8-20(9-6-18)27-25(30)12-7-19-15-21(31-3)10-11-24(19)32-4/h5-15H,1-4H3,(H,27,30)(H,28,29)/b12-7+. The molecule has 4 aromatic rings. The summed E-state index contributed by atoms with van der Waals surface area (Å²) in [5, 5.41) is 2.87. The van der Waals surface area contributed by atoms with E-state index in [9.17, 15) is 4.79 Å². The number of aromatic amines is 1. The van der Waals surface area contributed by atoms with E-state index in [0.29, 0.717) is 17.2 Å². The van der Waals surface area contributed by atoms with Gasteiger partial charge in [0.1, 0.15) is 17.3 Å². The van der Waals surface area contributed by atoms with Crippen molar-refractivity contribution in [1.29, 1.82) is 0 Å². The third kappa shape index (κ3) is 4.49. The maximum absolute atomic E-state index is 12.4. The van der Waals surface area contributed by atoms with Crippen LogP contribution in [0.15, 0.2) is 60.7 Å². The normalized spacial score (nSPS) is 11.1. The minimum absolute atomic E-state index is 0.239. The Morgan fingerprint density at radius 3 is 2.44 bits per heavy atom. The van der Waals surface area contributed by atoms with Crippen LogP contribution in [0.4, 0.5) is 5.69 Å². The Hall–Kier alpha value is -4.06. The van der Waals surface area contributed by atoms with Gasteiger partial charge in [-0.15, -0.1) is 0 Å². The fourth-order valence-electron chi connectivity index (χ4n) is 3.44. The van der Waals surface area contributed by atoms with Crippen molar-refractivity contribution in [2.75, 3.05) is 19.5 Å². The van der Waals surface area contributed by atoms with Crippen LogP contribution in [0, 0.1) is 13.8 Å². The summed E-state index contributed by atoms with van der Waals surface area (Å²) in [6.07, 6.45) is 3.17. The van der Waals surface area contributed by atoms with E-state index in [1.54, 1.807) is 26.4 Å². The minimum Gasteiger partial charge on any atom is -0.497 e. The van der Waals surface area contributed by atoms with Crippen LogP contribution in [0.25, 0.3) is 28.5 Å². The Labute approximate surface area is 186 Å². The van der Waals surface area contributed by atoms with Gasteiger partial charge in [-0.1, -0.05) is 0 Å². The monoisotopic (exact) mass is 427 g/mol. The topological polar surface area (TPSA) is 76.2 Å². The Morgan fingerprint density at radius 1 is 0.969 bits per heavy atom. The molecule has 0 aliphatic rings. The van der Waals surface area contributed by atoms with E-state index in [2.05, 4.69) is 36.3 Å². The largest absolute Gasteiger partial charge is 0.497 e. The zero-order valence-corrected chi connectivity index (χ0v) is 18.5. The number of nitrogens with zero attached hydrogens (tertiary/aromatic N) is 1. The molecule has 6 nitrogen and oxygen atoms in total. The zero-order chi connectivity index (χ0) is 22.7. The highest BCUT2D eigenvalue weighted by Crippen LogP contribution is 2.26. The number of carbonyl (C=O) groups is 1. The van der Waals surface area contributed by atoms with Gasteiger partial charge in [-0.2, -0.15) is 0 Å². The lowest BCUT2D eigenvalue weighted by Gasteiger charge is -2.07. The molecule has 1 heterocycles. The molecule has 3 aromatic carbocycles. The first kappa shape index (κ1) is 21.2. The molecule has 6 heteroatoms. The number of benzene rings is 3. The van der Waals surface area contributed by atoms with E-state index in [-0.39, 0.29) is 5.91 Å². The smallest absolute Gasteiger partial charge is 0.248 e. The molecule has 2 N–H and O–H groups in total. The highest BCUT2D eigenvalue weighted by Gasteiger charge is 2.08. The second kappa shape index (κ2) is 8.98. The van der Waals surface area contributed by atoms with Crippen LogP contribution in [0.1, 0.15) is 16.7 Å². The van der Waals surface area contributed by atoms with Gasteiger partial charge in [0.05, 0.1) is 25.3 Å². The minimum atomic E-state index is -0.239. The number of methoxy groups -OCH3 is 2. The summed E-state index contributed by atoms with van der Waals surface area (Å²) in [7, 11) is 3.18. The molecule has 4 rings (SSSR count). The second-order valence-electron chi connectivity index (χ2n) is 7.55. The van der Waals surface area contributed by atoms with Crippen molar-refractivity contribution in [3.63, 3.8) is 0 Å². The molecule has 1 amide bonds. The molecular formula is C26H25N3O3. The quantitative estimate of drug-likeness (QED) is 0.398. The number of carbonyl (C=O) groups excluding carboxylic acids is 1. The van der Waals surface area contributed by atoms with Crippen LogP contribution in [0.2, 0.25) is 0 Å². The number of ether oxygens (including phenoxy) is 2. The number of amides is 1. The number of H-pyrrole nitrogens is 1. The Kier molecular flexibility index (Phi) is 5.94. The first-order valence-corrected chi connectivity index (χ1v) is 10.3. The third-order valence-electron chi connectivity index (χ3n) is 5.37. The lowest BCUT2D eigenvalue weighted by molar-refractivity contribution is -0.111. The number of nitrogens with one attached hydrogen (secondary N) is 2. The van der Waals surface area contributed by atoms with Crippen molar-refractivity contribution in [2.45, 2.75) is 13.8 Å². The zero-order valence-electron chi connectivity index (χ0n) is 18.5. The molecule has 0 bridgehead atoms. The highest BCUT2D eigenvalue weighted by molar-refractivity contribution is 6.02. The van der Waals surface area contributed by atoms with Crippen molar-refractivity contribution in [1.82, 2.24) is 9.97 Å². The molecule has 0 aliphatic heterocycles. The molecule has 0 atom stereocenters. The maximum atomic E-state index is 12.4. The summed E-state index contributed by atoms with van der Waals surface area (Å²) in [6, 6.07) is 17.2. The van der Waals surface area contributed by atoms with Crippen LogP contribution < -0.4 is 14.8 Å². The molecule has 0 saturated carbocycles. The predicted octanol–water partition coefficient (Wildman–Crippen LogP) is 5.52. The number of fused-ring (bicyclic) bond motifs is 1. The van der Waals surface area contributed by atoms with E-state index < -0.39 is 0 Å². The summed E-state index contributed by atoms with van der Waals surface area (Å²) in [5.41, 5.74) is 6.80. The van der Waals surface area contributed by atoms with Crippen molar-refractivity contribution >= 4 is 28.7 Å². The molecule has 0 unspecified atom stereocenters. The molecular weight excluding hydrogens is 402 g/mol. The highest BCUT2D eigenvalue weighted by atomic mass is 16.5. The average molecular weight is 428 g/mol. The van der Waals surface area contributed by atoms with Crippen molar-refractivity contribution in [3.05, 3.63) is 77.4 Å². The Morgan fingerprint density at radius 2 is 1.72 bits per heavy atom. The van der Waals surface area contributed by atoms with Crippen molar-refractivity contribution in [2.24, 2.45) is 0 Å². The molecule has 0 fully saturated rings. The Bertz CT molecular complexity index is 1270. The van der Waals surface area contributed by atoms with Gasteiger partial charge in [-0.25, -0.2) is 4.98 Å². The third-order valence-corrected chi connectivity index (χ3v) is 5.37. The number of aryl methyl sites for hydroxylation is 2. The maximum Gasteiger partial charge on any atom is 0.248 e. The van der Waals surface area contributed by atoms with Gasteiger partial charge in [0.2, 0.25) is 5.91 Å². The molecule has 1 aromatic heterocycles. The van der Waals surface area contributed by atoms with Gasteiger partial charge < -0.3 is 19.8 Å². The number of hydrogen-bond acceptors (Lipinski definition) is 4. The fourth-order valence-corrected chi connectivity index (χ4v) is 3.44. The van der Waals surface area contributed by atoms with E-state index in [0.717, 1.165) is 28.0 Å². The van der Waals surface area contributed by atoms with Crippen molar-refractivity contribution < 1.29 is 14.3 Å². The first-order valence-electron chi connectivity index (χ1n) is 10.3. The molecule has 0 aliphatic carbocycles. The number of rotatable bonds is 6. The summed E-state index contributed by atoms with van der Waals surface area (Å²) >= 11 is 0. The van der Waals surface area contributed by atoms with Crippen LogP contribution >= 0.6 is 0 Å².